The molecule has 0 bridgehead atoms. The summed E-state index contributed by atoms with van der Waals surface area (Å²) in [4.78, 5) is 11.7. The van der Waals surface area contributed by atoms with Gasteiger partial charge in [0.2, 0.25) is 0 Å². The minimum Gasteiger partial charge on any atom is -0.456 e. The number of esters is 1. The zero-order chi connectivity index (χ0) is 22.1. The van der Waals surface area contributed by atoms with E-state index in [1.54, 1.807) is 0 Å². The van der Waals surface area contributed by atoms with Gasteiger partial charge in [-0.15, -0.1) is 12.6 Å². The first-order valence-electron chi connectivity index (χ1n) is 10.5. The minimum absolute atomic E-state index is 0.293. The molecule has 0 spiro atoms. The van der Waals surface area contributed by atoms with Crippen LogP contribution in [0.2, 0.25) is 0 Å². The maximum atomic E-state index is 11.7. The monoisotopic (exact) mass is 446 g/mol. The van der Waals surface area contributed by atoms with Gasteiger partial charge in [-0.2, -0.15) is 0 Å². The molecule has 0 N–H and O–H groups in total. The van der Waals surface area contributed by atoms with Gasteiger partial charge in [-0.1, -0.05) is 60.7 Å². The van der Waals surface area contributed by atoms with Gasteiger partial charge in [0.15, 0.2) is 6.10 Å². The molecule has 0 unspecified atom stereocenters. The van der Waals surface area contributed by atoms with Crippen LogP contribution in [0.4, 0.5) is 0 Å². The van der Waals surface area contributed by atoms with Gasteiger partial charge in [0.25, 0.3) is 0 Å². The number of hydrogen-bond donors (Lipinski definition) is 1. The molecule has 31 heavy (non-hydrogen) atoms. The molecule has 0 saturated carbocycles. The SMILES string of the molecule is CCO[C@@H]1[C@@H](OC(C)=O)[C@H](S)O[C@H](COCc2ccccc2)[C@H]1OCc1ccccc1. The van der Waals surface area contributed by atoms with E-state index < -0.39 is 35.8 Å². The Labute approximate surface area is 189 Å². The molecule has 2 aromatic rings. The number of rotatable bonds is 10. The second-order valence-corrected chi connectivity index (χ2v) is 7.83. The zero-order valence-electron chi connectivity index (χ0n) is 17.9. The fourth-order valence-corrected chi connectivity index (χ4v) is 3.95. The third kappa shape index (κ3) is 7.05. The Bertz CT molecular complexity index is 787. The molecule has 1 saturated heterocycles. The Balaban J connectivity index is 1.73. The molecule has 168 valence electrons. The summed E-state index contributed by atoms with van der Waals surface area (Å²) in [7, 11) is 0. The molecule has 2 aromatic carbocycles. The molecule has 1 fully saturated rings. The van der Waals surface area contributed by atoms with Crippen molar-refractivity contribution in [2.45, 2.75) is 56.9 Å². The second kappa shape index (κ2) is 12.2. The van der Waals surface area contributed by atoms with Crippen LogP contribution in [-0.2, 0) is 41.7 Å². The predicted molar refractivity (Wildman–Crippen MR) is 120 cm³/mol. The van der Waals surface area contributed by atoms with E-state index in [-0.39, 0.29) is 0 Å². The summed E-state index contributed by atoms with van der Waals surface area (Å²) < 4.78 is 29.7. The van der Waals surface area contributed by atoms with Crippen molar-refractivity contribution in [1.82, 2.24) is 0 Å². The number of benzene rings is 2. The van der Waals surface area contributed by atoms with Crippen molar-refractivity contribution in [1.29, 1.82) is 0 Å². The fourth-order valence-electron chi connectivity index (χ4n) is 3.56. The average Bonchev–Trinajstić information content (AvgIpc) is 2.77. The Morgan fingerprint density at radius 3 is 2.10 bits per heavy atom. The molecule has 7 heteroatoms. The maximum absolute atomic E-state index is 11.7. The van der Waals surface area contributed by atoms with Crippen LogP contribution in [0.25, 0.3) is 0 Å². The molecular formula is C24H30O6S. The van der Waals surface area contributed by atoms with Gasteiger partial charge in [-0.25, -0.2) is 0 Å². The van der Waals surface area contributed by atoms with E-state index in [0.29, 0.717) is 26.4 Å². The number of thiol groups is 1. The minimum atomic E-state index is -0.688. The highest BCUT2D eigenvalue weighted by Gasteiger charge is 2.48. The van der Waals surface area contributed by atoms with Gasteiger partial charge in [-0.05, 0) is 18.1 Å². The lowest BCUT2D eigenvalue weighted by Crippen LogP contribution is -2.60. The average molecular weight is 447 g/mol. The first-order valence-corrected chi connectivity index (χ1v) is 11.0. The highest BCUT2D eigenvalue weighted by Crippen LogP contribution is 2.31. The Morgan fingerprint density at radius 1 is 0.903 bits per heavy atom. The molecule has 1 aliphatic heterocycles. The van der Waals surface area contributed by atoms with E-state index in [1.807, 2.05) is 67.6 Å². The largest absolute Gasteiger partial charge is 0.456 e. The van der Waals surface area contributed by atoms with Crippen LogP contribution in [0, 0.1) is 0 Å². The summed E-state index contributed by atoms with van der Waals surface area (Å²) in [6, 6.07) is 19.8. The summed E-state index contributed by atoms with van der Waals surface area (Å²) in [5, 5.41) is 0. The van der Waals surface area contributed by atoms with Gasteiger partial charge >= 0.3 is 5.97 Å². The zero-order valence-corrected chi connectivity index (χ0v) is 18.8. The van der Waals surface area contributed by atoms with Crippen molar-refractivity contribution < 1.29 is 28.5 Å². The number of carbonyl (C=O) groups excluding carboxylic acids is 1. The normalized spacial score (nSPS) is 25.8. The van der Waals surface area contributed by atoms with E-state index in [9.17, 15) is 4.79 Å². The fraction of sp³-hybridized carbons (Fsp3) is 0.458. The highest BCUT2D eigenvalue weighted by atomic mass is 32.1. The molecule has 1 aliphatic rings. The maximum Gasteiger partial charge on any atom is 0.303 e. The third-order valence-corrected chi connectivity index (χ3v) is 5.36. The van der Waals surface area contributed by atoms with Crippen LogP contribution in [0.1, 0.15) is 25.0 Å². The van der Waals surface area contributed by atoms with Gasteiger partial charge in [-0.3, -0.25) is 4.79 Å². The molecule has 0 radical (unpaired) electrons. The smallest absolute Gasteiger partial charge is 0.303 e. The Kier molecular flexibility index (Phi) is 9.36. The van der Waals surface area contributed by atoms with Gasteiger partial charge in [0.05, 0.1) is 19.8 Å². The first kappa shape index (κ1) is 23.8. The van der Waals surface area contributed by atoms with Gasteiger partial charge in [0, 0.05) is 13.5 Å². The van der Waals surface area contributed by atoms with Crippen LogP contribution < -0.4 is 0 Å². The lowest BCUT2D eigenvalue weighted by Gasteiger charge is -2.44. The summed E-state index contributed by atoms with van der Waals surface area (Å²) in [5.41, 5.74) is 1.45. The molecule has 5 atom stereocenters. The lowest BCUT2D eigenvalue weighted by atomic mass is 9.99. The van der Waals surface area contributed by atoms with E-state index in [4.69, 9.17) is 23.7 Å². The highest BCUT2D eigenvalue weighted by molar-refractivity contribution is 7.80. The van der Waals surface area contributed by atoms with E-state index in [0.717, 1.165) is 11.1 Å². The third-order valence-electron chi connectivity index (χ3n) is 4.95. The predicted octanol–water partition coefficient (Wildman–Crippen LogP) is 3.78. The molecule has 0 amide bonds. The van der Waals surface area contributed by atoms with E-state index in [2.05, 4.69) is 12.6 Å². The molecule has 1 heterocycles. The number of hydrogen-bond acceptors (Lipinski definition) is 7. The van der Waals surface area contributed by atoms with Crippen molar-refractivity contribution in [3.05, 3.63) is 71.8 Å². The second-order valence-electron chi connectivity index (χ2n) is 7.32. The van der Waals surface area contributed by atoms with E-state index in [1.165, 1.54) is 6.92 Å². The molecule has 0 aliphatic carbocycles. The summed E-state index contributed by atoms with van der Waals surface area (Å²) in [6.07, 6.45) is -2.15. The number of carbonyl (C=O) groups is 1. The summed E-state index contributed by atoms with van der Waals surface area (Å²) in [6.45, 7) is 4.81. The van der Waals surface area contributed by atoms with Crippen molar-refractivity contribution in [3.63, 3.8) is 0 Å². The standard InChI is InChI=1S/C24H30O6S/c1-3-27-22-21(28-15-19-12-8-5-9-13-19)20(30-24(31)23(22)29-17(2)25)16-26-14-18-10-6-4-7-11-18/h4-13,20-24,31H,3,14-16H2,1-2H3/t20-,21-,22+,23-,24+/m1/s1. The van der Waals surface area contributed by atoms with E-state index >= 15 is 0 Å². The van der Waals surface area contributed by atoms with Crippen molar-refractivity contribution in [2.24, 2.45) is 0 Å². The van der Waals surface area contributed by atoms with Crippen LogP contribution in [0.15, 0.2) is 60.7 Å². The van der Waals surface area contributed by atoms with Crippen molar-refractivity contribution in [3.8, 4) is 0 Å². The lowest BCUT2D eigenvalue weighted by molar-refractivity contribution is -0.245. The van der Waals surface area contributed by atoms with Gasteiger partial charge in [0.1, 0.15) is 23.7 Å². The Hall–Kier alpha value is -1.90. The van der Waals surface area contributed by atoms with Gasteiger partial charge < -0.3 is 23.7 Å². The molecule has 0 aromatic heterocycles. The van der Waals surface area contributed by atoms with Crippen LogP contribution in [0.5, 0.6) is 0 Å². The topological polar surface area (TPSA) is 63.2 Å². The molecule has 6 nitrogen and oxygen atoms in total. The quantitative estimate of drug-likeness (QED) is 0.443. The first-order chi connectivity index (χ1) is 15.1. The van der Waals surface area contributed by atoms with Crippen LogP contribution in [-0.4, -0.2) is 49.0 Å². The van der Waals surface area contributed by atoms with Crippen LogP contribution >= 0.6 is 12.6 Å². The van der Waals surface area contributed by atoms with Crippen molar-refractivity contribution in [2.75, 3.05) is 13.2 Å². The molecule has 3 rings (SSSR count). The molecular weight excluding hydrogens is 416 g/mol. The number of ether oxygens (including phenoxy) is 5. The summed E-state index contributed by atoms with van der Waals surface area (Å²) in [5.74, 6) is -0.419. The van der Waals surface area contributed by atoms with Crippen molar-refractivity contribution >= 4 is 18.6 Å². The van der Waals surface area contributed by atoms with Crippen LogP contribution in [0.3, 0.4) is 0 Å². The Morgan fingerprint density at radius 2 is 1.52 bits per heavy atom. The summed E-state index contributed by atoms with van der Waals surface area (Å²) >= 11 is 4.52.